The minimum absolute atomic E-state index is 0.242. The number of carbonyl (C=O) groups excluding carboxylic acids is 1. The van der Waals surface area contributed by atoms with Crippen LogP contribution in [0.25, 0.3) is 0 Å². The normalized spacial score (nSPS) is 11.1. The Morgan fingerprint density at radius 2 is 2.00 bits per heavy atom. The molecule has 0 aromatic heterocycles. The van der Waals surface area contributed by atoms with Crippen LogP contribution in [0.5, 0.6) is 0 Å². The molecule has 11 heavy (non-hydrogen) atoms. The third-order valence-corrected chi connectivity index (χ3v) is 1.00. The summed E-state index contributed by atoms with van der Waals surface area (Å²) in [6.45, 7) is 3.83. The first-order valence-electron chi connectivity index (χ1n) is 3.72. The third-order valence-electron chi connectivity index (χ3n) is 1.00. The molecule has 2 nitrogen and oxygen atoms in total. The van der Waals surface area contributed by atoms with Gasteiger partial charge in [0.05, 0.1) is 0 Å². The first-order valence-corrected chi connectivity index (χ1v) is 3.72. The molecule has 0 aromatic rings. The fraction of sp³-hybridized carbons (Fsp3) is 0.444. The zero-order valence-corrected chi connectivity index (χ0v) is 7.04. The molecule has 0 saturated carbocycles. The average Bonchev–Trinajstić information content (AvgIpc) is 1.96. The largest absolute Gasteiger partial charge is 0.462 e. The predicted octanol–water partition coefficient (Wildman–Crippen LogP) is 2.07. The van der Waals surface area contributed by atoms with Gasteiger partial charge in [0.25, 0.3) is 0 Å². The minimum atomic E-state index is -0.242. The zero-order chi connectivity index (χ0) is 8.53. The molecule has 0 bridgehead atoms. The number of ether oxygens (including phenoxy) is 1. The van der Waals surface area contributed by atoms with Gasteiger partial charge < -0.3 is 4.74 Å². The number of carbonyl (C=O) groups is 1. The number of hydrogen-bond donors (Lipinski definition) is 0. The number of hydrogen-bond acceptors (Lipinski definition) is 2. The standard InChI is InChI=1S/C9H14O2/c1-3-4-5-6-7-8-11-9(2)10/h4-7H,3,8H2,1-2H3. The van der Waals surface area contributed by atoms with Crippen molar-refractivity contribution in [2.24, 2.45) is 0 Å². The molecule has 62 valence electrons. The van der Waals surface area contributed by atoms with Crippen molar-refractivity contribution in [2.45, 2.75) is 20.3 Å². The van der Waals surface area contributed by atoms with E-state index in [1.165, 1.54) is 6.92 Å². The first-order chi connectivity index (χ1) is 5.27. The topological polar surface area (TPSA) is 26.3 Å². The van der Waals surface area contributed by atoms with Crippen molar-refractivity contribution >= 4 is 5.97 Å². The third kappa shape index (κ3) is 8.95. The highest BCUT2D eigenvalue weighted by Gasteiger charge is 1.84. The molecule has 0 amide bonds. The molecule has 0 unspecified atom stereocenters. The van der Waals surface area contributed by atoms with Crippen LogP contribution in [0.3, 0.4) is 0 Å². The summed E-state index contributed by atoms with van der Waals surface area (Å²) in [4.78, 5) is 10.3. The van der Waals surface area contributed by atoms with E-state index in [1.807, 2.05) is 18.2 Å². The maximum atomic E-state index is 10.3. The predicted molar refractivity (Wildman–Crippen MR) is 45.2 cm³/mol. The van der Waals surface area contributed by atoms with Crippen LogP contribution >= 0.6 is 0 Å². The lowest BCUT2D eigenvalue weighted by atomic mass is 10.4. The van der Waals surface area contributed by atoms with Crippen molar-refractivity contribution in [1.82, 2.24) is 0 Å². The molecule has 2 heteroatoms. The molecule has 0 aromatic carbocycles. The monoisotopic (exact) mass is 154 g/mol. The molecule has 0 N–H and O–H groups in total. The van der Waals surface area contributed by atoms with Crippen molar-refractivity contribution in [3.8, 4) is 0 Å². The summed E-state index contributed by atoms with van der Waals surface area (Å²) in [6.07, 6.45) is 8.66. The Bertz CT molecular complexity index is 157. The molecule has 0 aliphatic carbocycles. The summed E-state index contributed by atoms with van der Waals surface area (Å²) in [7, 11) is 0. The molecule has 0 aliphatic heterocycles. The van der Waals surface area contributed by atoms with Crippen molar-refractivity contribution in [3.63, 3.8) is 0 Å². The van der Waals surface area contributed by atoms with E-state index < -0.39 is 0 Å². The summed E-state index contributed by atoms with van der Waals surface area (Å²) in [5.41, 5.74) is 0. The van der Waals surface area contributed by atoms with Gasteiger partial charge in [-0.1, -0.05) is 25.2 Å². The highest BCUT2D eigenvalue weighted by molar-refractivity contribution is 5.65. The molecule has 0 atom stereocenters. The van der Waals surface area contributed by atoms with E-state index in [0.717, 1.165) is 6.42 Å². The van der Waals surface area contributed by atoms with E-state index in [0.29, 0.717) is 6.61 Å². The van der Waals surface area contributed by atoms with Crippen LogP contribution in [0.2, 0.25) is 0 Å². The van der Waals surface area contributed by atoms with E-state index in [9.17, 15) is 4.79 Å². The summed E-state index contributed by atoms with van der Waals surface area (Å²) >= 11 is 0. The quantitative estimate of drug-likeness (QED) is 0.457. The lowest BCUT2D eigenvalue weighted by molar-refractivity contribution is -0.139. The van der Waals surface area contributed by atoms with Crippen LogP contribution in [0, 0.1) is 0 Å². The second-order valence-electron chi connectivity index (χ2n) is 2.07. The van der Waals surface area contributed by atoms with Gasteiger partial charge in [0, 0.05) is 6.92 Å². The zero-order valence-electron chi connectivity index (χ0n) is 7.04. The molecule has 0 heterocycles. The van der Waals surface area contributed by atoms with Crippen molar-refractivity contribution < 1.29 is 9.53 Å². The van der Waals surface area contributed by atoms with E-state index in [1.54, 1.807) is 6.08 Å². The Kier molecular flexibility index (Phi) is 6.39. The van der Waals surface area contributed by atoms with E-state index in [2.05, 4.69) is 11.7 Å². The molecule has 0 fully saturated rings. The highest BCUT2D eigenvalue weighted by Crippen LogP contribution is 1.83. The highest BCUT2D eigenvalue weighted by atomic mass is 16.5. The van der Waals surface area contributed by atoms with Gasteiger partial charge in [-0.15, -0.1) is 0 Å². The molecule has 0 radical (unpaired) electrons. The molecule has 0 rings (SSSR count). The van der Waals surface area contributed by atoms with Gasteiger partial charge in [-0.2, -0.15) is 0 Å². The van der Waals surface area contributed by atoms with Crippen LogP contribution in [0.4, 0.5) is 0 Å². The Hall–Kier alpha value is -1.05. The SMILES string of the molecule is CCC=CC=CCOC(C)=O. The number of rotatable bonds is 4. The van der Waals surface area contributed by atoms with Crippen LogP contribution < -0.4 is 0 Å². The van der Waals surface area contributed by atoms with Crippen LogP contribution in [-0.4, -0.2) is 12.6 Å². The lowest BCUT2D eigenvalue weighted by Crippen LogP contribution is -1.96. The molecule has 0 spiro atoms. The van der Waals surface area contributed by atoms with Crippen LogP contribution in [0.1, 0.15) is 20.3 Å². The maximum Gasteiger partial charge on any atom is 0.302 e. The molecule has 0 aliphatic rings. The Morgan fingerprint density at radius 1 is 1.36 bits per heavy atom. The van der Waals surface area contributed by atoms with Gasteiger partial charge in [0.1, 0.15) is 6.61 Å². The Labute approximate surface area is 67.6 Å². The van der Waals surface area contributed by atoms with Gasteiger partial charge in [-0.25, -0.2) is 0 Å². The molecule has 0 saturated heterocycles. The van der Waals surface area contributed by atoms with Crippen molar-refractivity contribution in [3.05, 3.63) is 24.3 Å². The maximum absolute atomic E-state index is 10.3. The van der Waals surface area contributed by atoms with Crippen molar-refractivity contribution in [1.29, 1.82) is 0 Å². The lowest BCUT2D eigenvalue weighted by Gasteiger charge is -1.92. The average molecular weight is 154 g/mol. The Morgan fingerprint density at radius 3 is 2.55 bits per heavy atom. The summed E-state index contributed by atoms with van der Waals surface area (Å²) in [5, 5.41) is 0. The second kappa shape index (κ2) is 7.06. The summed E-state index contributed by atoms with van der Waals surface area (Å²) in [5.74, 6) is -0.242. The Balaban J connectivity index is 3.30. The second-order valence-corrected chi connectivity index (χ2v) is 2.07. The van der Waals surface area contributed by atoms with E-state index >= 15 is 0 Å². The minimum Gasteiger partial charge on any atom is -0.462 e. The smallest absolute Gasteiger partial charge is 0.302 e. The molecular weight excluding hydrogens is 140 g/mol. The van der Waals surface area contributed by atoms with Gasteiger partial charge in [-0.3, -0.25) is 4.79 Å². The fourth-order valence-electron chi connectivity index (χ4n) is 0.514. The molecular formula is C9H14O2. The summed E-state index contributed by atoms with van der Waals surface area (Å²) in [6, 6.07) is 0. The van der Waals surface area contributed by atoms with Gasteiger partial charge in [-0.05, 0) is 12.5 Å². The number of esters is 1. The van der Waals surface area contributed by atoms with E-state index in [-0.39, 0.29) is 5.97 Å². The summed E-state index contributed by atoms with van der Waals surface area (Å²) < 4.78 is 4.66. The number of allylic oxidation sites excluding steroid dienone is 3. The first kappa shape index (κ1) is 9.95. The van der Waals surface area contributed by atoms with Crippen LogP contribution in [-0.2, 0) is 9.53 Å². The van der Waals surface area contributed by atoms with Gasteiger partial charge >= 0.3 is 5.97 Å². The van der Waals surface area contributed by atoms with Gasteiger partial charge in [0.15, 0.2) is 0 Å². The fourth-order valence-corrected chi connectivity index (χ4v) is 0.514. The van der Waals surface area contributed by atoms with Gasteiger partial charge in [0.2, 0.25) is 0 Å². The van der Waals surface area contributed by atoms with Crippen LogP contribution in [0.15, 0.2) is 24.3 Å². The van der Waals surface area contributed by atoms with Crippen molar-refractivity contribution in [2.75, 3.05) is 6.61 Å². The van der Waals surface area contributed by atoms with E-state index in [4.69, 9.17) is 0 Å².